The molecule has 3 N–H and O–H groups in total. The molecule has 0 spiro atoms. The molecule has 0 aliphatic rings. The summed E-state index contributed by atoms with van der Waals surface area (Å²) in [5, 5.41) is 0. The van der Waals surface area contributed by atoms with Gasteiger partial charge in [-0.3, -0.25) is 0 Å². The number of nitrogens with two attached hydrogens (primary N) is 1. The fourth-order valence-electron chi connectivity index (χ4n) is 1.16. The number of nitrogens with one attached hydrogen (secondary N) is 1. The summed E-state index contributed by atoms with van der Waals surface area (Å²) in [7, 11) is 0. The lowest BCUT2D eigenvalue weighted by Gasteiger charge is -2.18. The molecule has 0 bridgehead atoms. The van der Waals surface area contributed by atoms with Gasteiger partial charge in [0, 0.05) is 0 Å². The molecule has 1 aromatic heterocycles. The number of imidazole rings is 1. The maximum atomic E-state index is 11.7. The van der Waals surface area contributed by atoms with Crippen LogP contribution in [0.2, 0.25) is 0 Å². The van der Waals surface area contributed by atoms with Crippen molar-refractivity contribution in [3.05, 3.63) is 17.7 Å². The van der Waals surface area contributed by atoms with Crippen molar-refractivity contribution in [1.82, 2.24) is 9.97 Å². The smallest absolute Gasteiger partial charge is 0.356 e. The monoisotopic (exact) mass is 225 g/mol. The average molecular weight is 225 g/mol. The molecule has 0 aliphatic carbocycles. The van der Waals surface area contributed by atoms with Crippen LogP contribution in [0, 0.1) is 0 Å². The molecule has 0 amide bonds. The van der Waals surface area contributed by atoms with Gasteiger partial charge < -0.3 is 15.5 Å². The summed E-state index contributed by atoms with van der Waals surface area (Å²) in [6, 6.07) is -0.170. The summed E-state index contributed by atoms with van der Waals surface area (Å²) < 4.78 is 5.20. The molecule has 16 heavy (non-hydrogen) atoms. The van der Waals surface area contributed by atoms with Crippen LogP contribution in [0.5, 0.6) is 0 Å². The quantitative estimate of drug-likeness (QED) is 0.768. The molecule has 0 saturated carbocycles. The number of aromatic nitrogens is 2. The van der Waals surface area contributed by atoms with E-state index < -0.39 is 11.6 Å². The Hall–Kier alpha value is -1.36. The minimum atomic E-state index is -0.505. The maximum absolute atomic E-state index is 11.7. The number of ether oxygens (including phenoxy) is 1. The zero-order valence-corrected chi connectivity index (χ0v) is 10.2. The molecule has 0 saturated heterocycles. The molecular weight excluding hydrogens is 206 g/mol. The van der Waals surface area contributed by atoms with Crippen LogP contribution in [-0.4, -0.2) is 21.5 Å². The summed E-state index contributed by atoms with van der Waals surface area (Å²) in [6.07, 6.45) is 2.22. The van der Waals surface area contributed by atoms with E-state index in [-0.39, 0.29) is 6.04 Å². The summed E-state index contributed by atoms with van der Waals surface area (Å²) in [5.41, 5.74) is 5.63. The van der Waals surface area contributed by atoms with E-state index in [2.05, 4.69) is 9.97 Å². The summed E-state index contributed by atoms with van der Waals surface area (Å²) in [6.45, 7) is 7.42. The number of carbonyl (C=O) groups excluding carboxylic acids is 1. The first-order valence-corrected chi connectivity index (χ1v) is 5.37. The fourth-order valence-corrected chi connectivity index (χ4v) is 1.16. The second kappa shape index (κ2) is 4.65. The van der Waals surface area contributed by atoms with Crippen molar-refractivity contribution in [2.75, 3.05) is 0 Å². The van der Waals surface area contributed by atoms with E-state index in [1.54, 1.807) is 0 Å². The van der Waals surface area contributed by atoms with E-state index in [1.807, 2.05) is 27.7 Å². The number of rotatable bonds is 3. The third-order valence-corrected chi connectivity index (χ3v) is 2.01. The van der Waals surface area contributed by atoms with E-state index in [9.17, 15) is 4.79 Å². The number of aromatic amines is 1. The van der Waals surface area contributed by atoms with Gasteiger partial charge in [0.2, 0.25) is 0 Å². The highest BCUT2D eigenvalue weighted by molar-refractivity contribution is 5.87. The standard InChI is InChI=1S/C11H19N3O2/c1-5-7(12)9-13-6-8(14-9)10(15)16-11(2,3)4/h6-7H,5,12H2,1-4H3,(H,13,14). The number of H-pyrrole nitrogens is 1. The summed E-state index contributed by atoms with van der Waals surface area (Å²) >= 11 is 0. The van der Waals surface area contributed by atoms with Crippen molar-refractivity contribution in [3.63, 3.8) is 0 Å². The molecule has 1 heterocycles. The Morgan fingerprint density at radius 1 is 1.62 bits per heavy atom. The van der Waals surface area contributed by atoms with Crippen molar-refractivity contribution in [2.45, 2.75) is 45.8 Å². The second-order valence-corrected chi connectivity index (χ2v) is 4.70. The van der Waals surface area contributed by atoms with Crippen molar-refractivity contribution >= 4 is 5.97 Å². The van der Waals surface area contributed by atoms with Gasteiger partial charge in [-0.1, -0.05) is 6.92 Å². The van der Waals surface area contributed by atoms with Gasteiger partial charge in [-0.05, 0) is 27.2 Å². The Labute approximate surface area is 95.4 Å². The highest BCUT2D eigenvalue weighted by atomic mass is 16.6. The predicted octanol–water partition coefficient (Wildman–Crippen LogP) is 1.77. The summed E-state index contributed by atoms with van der Waals surface area (Å²) in [5.74, 6) is 0.206. The molecule has 90 valence electrons. The van der Waals surface area contributed by atoms with E-state index in [4.69, 9.17) is 10.5 Å². The minimum absolute atomic E-state index is 0.170. The molecule has 0 radical (unpaired) electrons. The van der Waals surface area contributed by atoms with Crippen LogP contribution in [0.3, 0.4) is 0 Å². The van der Waals surface area contributed by atoms with E-state index in [1.165, 1.54) is 6.20 Å². The fraction of sp³-hybridized carbons (Fsp3) is 0.636. The van der Waals surface area contributed by atoms with Gasteiger partial charge >= 0.3 is 5.97 Å². The molecular formula is C11H19N3O2. The van der Waals surface area contributed by atoms with Gasteiger partial charge in [-0.15, -0.1) is 0 Å². The Morgan fingerprint density at radius 3 is 2.75 bits per heavy atom. The minimum Gasteiger partial charge on any atom is -0.455 e. The van der Waals surface area contributed by atoms with E-state index in [0.717, 1.165) is 6.42 Å². The first-order chi connectivity index (χ1) is 7.33. The second-order valence-electron chi connectivity index (χ2n) is 4.70. The molecule has 0 aliphatic heterocycles. The third-order valence-electron chi connectivity index (χ3n) is 2.01. The van der Waals surface area contributed by atoms with Crippen LogP contribution < -0.4 is 5.73 Å². The summed E-state index contributed by atoms with van der Waals surface area (Å²) in [4.78, 5) is 18.6. The van der Waals surface area contributed by atoms with E-state index >= 15 is 0 Å². The van der Waals surface area contributed by atoms with Crippen molar-refractivity contribution < 1.29 is 9.53 Å². The highest BCUT2D eigenvalue weighted by Gasteiger charge is 2.20. The lowest BCUT2D eigenvalue weighted by atomic mass is 10.2. The van der Waals surface area contributed by atoms with Gasteiger partial charge in [0.15, 0.2) is 0 Å². The molecule has 1 rings (SSSR count). The van der Waals surface area contributed by atoms with Crippen LogP contribution in [0.25, 0.3) is 0 Å². The average Bonchev–Trinajstić information content (AvgIpc) is 2.62. The highest BCUT2D eigenvalue weighted by Crippen LogP contribution is 2.13. The number of hydrogen-bond donors (Lipinski definition) is 2. The maximum Gasteiger partial charge on any atom is 0.356 e. The number of hydrogen-bond acceptors (Lipinski definition) is 4. The molecule has 1 aromatic rings. The number of nitrogens with zero attached hydrogens (tertiary/aromatic N) is 1. The van der Waals surface area contributed by atoms with Crippen molar-refractivity contribution in [3.8, 4) is 0 Å². The molecule has 0 aromatic carbocycles. The van der Waals surface area contributed by atoms with Gasteiger partial charge in [-0.25, -0.2) is 9.78 Å². The van der Waals surface area contributed by atoms with E-state index in [0.29, 0.717) is 11.5 Å². The van der Waals surface area contributed by atoms with Gasteiger partial charge in [0.1, 0.15) is 17.1 Å². The molecule has 5 heteroatoms. The number of carbonyl (C=O) groups is 1. The Balaban J connectivity index is 2.75. The Kier molecular flexibility index (Phi) is 3.70. The van der Waals surface area contributed by atoms with Crippen molar-refractivity contribution in [1.29, 1.82) is 0 Å². The van der Waals surface area contributed by atoms with Crippen molar-refractivity contribution in [2.24, 2.45) is 5.73 Å². The van der Waals surface area contributed by atoms with Gasteiger partial charge in [0.25, 0.3) is 0 Å². The van der Waals surface area contributed by atoms with Gasteiger partial charge in [0.05, 0.1) is 12.2 Å². The first-order valence-electron chi connectivity index (χ1n) is 5.37. The lowest BCUT2D eigenvalue weighted by Crippen LogP contribution is -2.24. The normalized spacial score (nSPS) is 13.6. The van der Waals surface area contributed by atoms with Crippen LogP contribution in [0.1, 0.15) is 56.5 Å². The largest absolute Gasteiger partial charge is 0.455 e. The topological polar surface area (TPSA) is 81.0 Å². The zero-order chi connectivity index (χ0) is 12.3. The molecule has 0 fully saturated rings. The van der Waals surface area contributed by atoms with Crippen LogP contribution in [-0.2, 0) is 4.74 Å². The molecule has 1 unspecified atom stereocenters. The Morgan fingerprint density at radius 2 is 2.25 bits per heavy atom. The lowest BCUT2D eigenvalue weighted by molar-refractivity contribution is 0.00633. The zero-order valence-electron chi connectivity index (χ0n) is 10.2. The molecule has 1 atom stereocenters. The van der Waals surface area contributed by atoms with Crippen LogP contribution in [0.15, 0.2) is 6.20 Å². The Bertz CT molecular complexity index is 366. The first kappa shape index (κ1) is 12.7. The predicted molar refractivity (Wildman–Crippen MR) is 61.0 cm³/mol. The molecule has 5 nitrogen and oxygen atoms in total. The van der Waals surface area contributed by atoms with Gasteiger partial charge in [-0.2, -0.15) is 0 Å². The van der Waals surface area contributed by atoms with Crippen LogP contribution >= 0.6 is 0 Å². The SMILES string of the molecule is CCC(N)c1ncc(C(=O)OC(C)(C)C)[nH]1. The third kappa shape index (κ3) is 3.34. The van der Waals surface area contributed by atoms with Crippen LogP contribution in [0.4, 0.5) is 0 Å². The number of esters is 1.